The van der Waals surface area contributed by atoms with E-state index < -0.39 is 0 Å². The first kappa shape index (κ1) is 12.5. The molecule has 0 bridgehead atoms. The number of hydrogen-bond acceptors (Lipinski definition) is 3. The number of pyridine rings is 1. The maximum Gasteiger partial charge on any atom is 0.221 e. The first-order valence-corrected chi connectivity index (χ1v) is 6.05. The van der Waals surface area contributed by atoms with E-state index in [1.807, 2.05) is 12.1 Å². The van der Waals surface area contributed by atoms with Gasteiger partial charge in [-0.15, -0.1) is 0 Å². The van der Waals surface area contributed by atoms with Gasteiger partial charge in [-0.1, -0.05) is 24.3 Å². The highest BCUT2D eigenvalue weighted by atomic mass is 16.1. The zero-order chi connectivity index (χ0) is 12.8. The molecule has 0 spiro atoms. The quantitative estimate of drug-likeness (QED) is 0.782. The molecule has 0 saturated heterocycles. The third kappa shape index (κ3) is 3.05. The van der Waals surface area contributed by atoms with Crippen LogP contribution < -0.4 is 10.6 Å². The van der Waals surface area contributed by atoms with E-state index in [0.29, 0.717) is 13.0 Å². The van der Waals surface area contributed by atoms with Crippen LogP contribution in [0.5, 0.6) is 0 Å². The zero-order valence-corrected chi connectivity index (χ0v) is 10.4. The van der Waals surface area contributed by atoms with Gasteiger partial charge >= 0.3 is 0 Å². The number of carbonyl (C=O) groups is 1. The van der Waals surface area contributed by atoms with Crippen LogP contribution in [0.1, 0.15) is 12.0 Å². The lowest BCUT2D eigenvalue weighted by molar-refractivity contribution is -0.120. The van der Waals surface area contributed by atoms with E-state index >= 15 is 0 Å². The van der Waals surface area contributed by atoms with Gasteiger partial charge in [0.15, 0.2) is 0 Å². The molecule has 0 atom stereocenters. The largest absolute Gasteiger partial charge is 0.359 e. The van der Waals surface area contributed by atoms with Crippen molar-refractivity contribution in [3.05, 3.63) is 42.1 Å². The second kappa shape index (κ2) is 6.12. The van der Waals surface area contributed by atoms with Crippen molar-refractivity contribution in [2.45, 2.75) is 13.0 Å². The van der Waals surface area contributed by atoms with Crippen LogP contribution in [0.4, 0.5) is 0 Å². The molecule has 2 rings (SSSR count). The van der Waals surface area contributed by atoms with E-state index in [9.17, 15) is 4.79 Å². The van der Waals surface area contributed by atoms with E-state index in [4.69, 9.17) is 0 Å². The minimum atomic E-state index is 0.0542. The molecule has 0 unspecified atom stereocenters. The molecule has 1 amide bonds. The number of hydrogen-bond donors (Lipinski definition) is 2. The molecule has 0 fully saturated rings. The van der Waals surface area contributed by atoms with Crippen LogP contribution in [-0.2, 0) is 11.3 Å². The number of aromatic nitrogens is 1. The van der Waals surface area contributed by atoms with Gasteiger partial charge in [0, 0.05) is 38.1 Å². The fourth-order valence-electron chi connectivity index (χ4n) is 1.86. The predicted molar refractivity (Wildman–Crippen MR) is 72.1 cm³/mol. The number of nitrogens with one attached hydrogen (secondary N) is 2. The highest BCUT2D eigenvalue weighted by Gasteiger charge is 2.02. The highest BCUT2D eigenvalue weighted by Crippen LogP contribution is 2.15. The van der Waals surface area contributed by atoms with Crippen LogP contribution in [-0.4, -0.2) is 24.5 Å². The minimum absolute atomic E-state index is 0.0542. The molecule has 1 heterocycles. The number of carbonyl (C=O) groups excluding carboxylic acids is 1. The summed E-state index contributed by atoms with van der Waals surface area (Å²) in [5.74, 6) is 0.0542. The Kier molecular flexibility index (Phi) is 4.25. The molecular weight excluding hydrogens is 226 g/mol. The highest BCUT2D eigenvalue weighted by molar-refractivity contribution is 5.81. The van der Waals surface area contributed by atoms with Crippen LogP contribution in [0.15, 0.2) is 36.5 Å². The van der Waals surface area contributed by atoms with Crippen LogP contribution in [0, 0.1) is 0 Å². The maximum absolute atomic E-state index is 11.1. The van der Waals surface area contributed by atoms with Gasteiger partial charge < -0.3 is 10.6 Å². The number of rotatable bonds is 5. The summed E-state index contributed by atoms with van der Waals surface area (Å²) >= 11 is 0. The van der Waals surface area contributed by atoms with E-state index in [-0.39, 0.29) is 5.91 Å². The summed E-state index contributed by atoms with van der Waals surface area (Å²) in [5, 5.41) is 7.00. The predicted octanol–water partition coefficient (Wildman–Crippen LogP) is 1.46. The average Bonchev–Trinajstić information content (AvgIpc) is 2.43. The first-order chi connectivity index (χ1) is 8.81. The topological polar surface area (TPSA) is 54.0 Å². The van der Waals surface area contributed by atoms with Crippen LogP contribution in [0.25, 0.3) is 10.9 Å². The third-order valence-corrected chi connectivity index (χ3v) is 2.84. The molecule has 2 aromatic rings. The maximum atomic E-state index is 11.1. The minimum Gasteiger partial charge on any atom is -0.359 e. The van der Waals surface area contributed by atoms with E-state index in [1.54, 1.807) is 13.2 Å². The summed E-state index contributed by atoms with van der Waals surface area (Å²) in [6, 6.07) is 10.1. The number of benzene rings is 1. The van der Waals surface area contributed by atoms with Crippen LogP contribution in [0.2, 0.25) is 0 Å². The summed E-state index contributed by atoms with van der Waals surface area (Å²) < 4.78 is 0. The van der Waals surface area contributed by atoms with Crippen molar-refractivity contribution < 1.29 is 4.79 Å². The Morgan fingerprint density at radius 3 is 2.94 bits per heavy atom. The van der Waals surface area contributed by atoms with Gasteiger partial charge in [0.05, 0.1) is 5.52 Å². The van der Waals surface area contributed by atoms with Gasteiger partial charge in [0.25, 0.3) is 0 Å². The Morgan fingerprint density at radius 2 is 2.11 bits per heavy atom. The lowest BCUT2D eigenvalue weighted by Gasteiger charge is -2.07. The van der Waals surface area contributed by atoms with E-state index in [0.717, 1.165) is 23.0 Å². The number of nitrogens with zero attached hydrogens (tertiary/aromatic N) is 1. The standard InChI is InChI=1S/C14H17N3O/c1-15-13(18)7-9-16-10-12-5-2-4-11-6-3-8-17-14(11)12/h2-6,8,16H,7,9-10H2,1H3,(H,15,18). The molecular formula is C14H17N3O. The molecule has 0 aliphatic heterocycles. The number of amides is 1. The second-order valence-electron chi connectivity index (χ2n) is 4.09. The molecule has 0 saturated carbocycles. The van der Waals surface area contributed by atoms with Crippen molar-refractivity contribution in [1.29, 1.82) is 0 Å². The molecule has 0 aliphatic rings. The molecule has 4 heteroatoms. The van der Waals surface area contributed by atoms with Crippen molar-refractivity contribution >= 4 is 16.8 Å². The Balaban J connectivity index is 1.97. The summed E-state index contributed by atoms with van der Waals surface area (Å²) in [5.41, 5.74) is 2.18. The van der Waals surface area contributed by atoms with Gasteiger partial charge in [-0.3, -0.25) is 9.78 Å². The second-order valence-corrected chi connectivity index (χ2v) is 4.09. The Labute approximate surface area is 106 Å². The van der Waals surface area contributed by atoms with Crippen molar-refractivity contribution in [2.75, 3.05) is 13.6 Å². The van der Waals surface area contributed by atoms with Crippen LogP contribution >= 0.6 is 0 Å². The van der Waals surface area contributed by atoms with Gasteiger partial charge in [0.1, 0.15) is 0 Å². The van der Waals surface area contributed by atoms with Crippen molar-refractivity contribution in [3.63, 3.8) is 0 Å². The molecule has 1 aromatic carbocycles. The lowest BCUT2D eigenvalue weighted by Crippen LogP contribution is -2.24. The molecule has 0 radical (unpaired) electrons. The van der Waals surface area contributed by atoms with Gasteiger partial charge in [-0.05, 0) is 11.6 Å². The SMILES string of the molecule is CNC(=O)CCNCc1cccc2cccnc12. The fourth-order valence-corrected chi connectivity index (χ4v) is 1.86. The van der Waals surface area contributed by atoms with Gasteiger partial charge in [-0.25, -0.2) is 0 Å². The molecule has 0 aliphatic carbocycles. The fraction of sp³-hybridized carbons (Fsp3) is 0.286. The lowest BCUT2D eigenvalue weighted by atomic mass is 10.1. The van der Waals surface area contributed by atoms with Gasteiger partial charge in [0.2, 0.25) is 5.91 Å². The molecule has 94 valence electrons. The first-order valence-electron chi connectivity index (χ1n) is 6.05. The van der Waals surface area contributed by atoms with E-state index in [2.05, 4.69) is 33.8 Å². The smallest absolute Gasteiger partial charge is 0.221 e. The Bertz CT molecular complexity index is 534. The Hall–Kier alpha value is -1.94. The van der Waals surface area contributed by atoms with Crippen LogP contribution in [0.3, 0.4) is 0 Å². The monoisotopic (exact) mass is 243 g/mol. The number of para-hydroxylation sites is 1. The van der Waals surface area contributed by atoms with Crippen molar-refractivity contribution in [2.24, 2.45) is 0 Å². The summed E-state index contributed by atoms with van der Waals surface area (Å²) in [6.07, 6.45) is 2.30. The van der Waals surface area contributed by atoms with Gasteiger partial charge in [-0.2, -0.15) is 0 Å². The normalized spacial score (nSPS) is 10.5. The zero-order valence-electron chi connectivity index (χ0n) is 10.4. The number of fused-ring (bicyclic) bond motifs is 1. The summed E-state index contributed by atoms with van der Waals surface area (Å²) in [7, 11) is 1.65. The average molecular weight is 243 g/mol. The van der Waals surface area contributed by atoms with E-state index in [1.165, 1.54) is 0 Å². The molecule has 2 N–H and O–H groups in total. The Morgan fingerprint density at radius 1 is 1.28 bits per heavy atom. The molecule has 4 nitrogen and oxygen atoms in total. The summed E-state index contributed by atoms with van der Waals surface area (Å²) in [4.78, 5) is 15.5. The third-order valence-electron chi connectivity index (χ3n) is 2.84. The molecule has 1 aromatic heterocycles. The summed E-state index contributed by atoms with van der Waals surface area (Å²) in [6.45, 7) is 1.40. The van der Waals surface area contributed by atoms with Crippen molar-refractivity contribution in [1.82, 2.24) is 15.6 Å². The molecule has 18 heavy (non-hydrogen) atoms. The van der Waals surface area contributed by atoms with Crippen molar-refractivity contribution in [3.8, 4) is 0 Å².